The van der Waals surface area contributed by atoms with Crippen LogP contribution < -0.4 is 15.0 Å². The van der Waals surface area contributed by atoms with Crippen LogP contribution in [0.25, 0.3) is 21.5 Å². The number of methoxy groups -OCH3 is 2. The predicted octanol–water partition coefficient (Wildman–Crippen LogP) is 4.55. The van der Waals surface area contributed by atoms with Gasteiger partial charge in [-0.05, 0) is 37.1 Å². The second-order valence-corrected chi connectivity index (χ2v) is 9.16. The minimum Gasteiger partial charge on any atom is -0.493 e. The Morgan fingerprint density at radius 2 is 1.91 bits per heavy atom. The van der Waals surface area contributed by atoms with Gasteiger partial charge in [-0.15, -0.1) is 11.3 Å². The minimum atomic E-state index is -0.358. The average molecular weight is 492 g/mol. The number of fused-ring (bicyclic) bond motifs is 1. The summed E-state index contributed by atoms with van der Waals surface area (Å²) in [4.78, 5) is 34.7. The molecule has 0 bridgehead atoms. The summed E-state index contributed by atoms with van der Waals surface area (Å²) in [6.45, 7) is 0.0716. The number of esters is 1. The summed E-state index contributed by atoms with van der Waals surface area (Å²) < 4.78 is 18.1. The van der Waals surface area contributed by atoms with Gasteiger partial charge in [0.1, 0.15) is 17.4 Å². The van der Waals surface area contributed by atoms with E-state index in [9.17, 15) is 9.59 Å². The minimum absolute atomic E-state index is 0.0376. The van der Waals surface area contributed by atoms with E-state index >= 15 is 0 Å². The lowest BCUT2D eigenvalue weighted by Crippen LogP contribution is -2.25. The number of carbonyl (C=O) groups is 1. The van der Waals surface area contributed by atoms with E-state index in [-0.39, 0.29) is 30.6 Å². The number of carbonyl (C=O) groups excluding carboxylic acids is 1. The van der Waals surface area contributed by atoms with Crippen LogP contribution in [0, 0.1) is 0 Å². The topological polar surface area (TPSA) is 92.5 Å². The molecule has 9 heteroatoms. The Balaban J connectivity index is 1.25. The molecule has 8 nitrogen and oxygen atoms in total. The average Bonchev–Trinajstić information content (AvgIpc) is 3.61. The first-order valence-corrected chi connectivity index (χ1v) is 12.3. The maximum absolute atomic E-state index is 13.0. The molecular formula is C26H25N3O5S. The van der Waals surface area contributed by atoms with Crippen molar-refractivity contribution >= 4 is 28.2 Å². The van der Waals surface area contributed by atoms with Crippen molar-refractivity contribution in [3.63, 3.8) is 0 Å². The lowest BCUT2D eigenvalue weighted by molar-refractivity contribution is -0.145. The van der Waals surface area contributed by atoms with Gasteiger partial charge in [-0.25, -0.2) is 9.97 Å². The summed E-state index contributed by atoms with van der Waals surface area (Å²) in [5.74, 6) is 1.51. The van der Waals surface area contributed by atoms with Crippen LogP contribution in [0.4, 0.5) is 0 Å². The number of aryl methyl sites for hydroxylation is 1. The molecule has 1 aliphatic rings. The molecule has 0 saturated heterocycles. The third-order valence-corrected chi connectivity index (χ3v) is 6.84. The van der Waals surface area contributed by atoms with Gasteiger partial charge in [0.25, 0.3) is 5.56 Å². The fourth-order valence-electron chi connectivity index (χ4n) is 4.07. The Morgan fingerprint density at radius 1 is 1.09 bits per heavy atom. The molecule has 0 N–H and O–H groups in total. The first-order chi connectivity index (χ1) is 17.1. The van der Waals surface area contributed by atoms with Gasteiger partial charge in [-0.2, -0.15) is 0 Å². The number of aromatic nitrogens is 3. The van der Waals surface area contributed by atoms with Crippen LogP contribution in [0.3, 0.4) is 0 Å². The van der Waals surface area contributed by atoms with Gasteiger partial charge in [0, 0.05) is 17.8 Å². The lowest BCUT2D eigenvalue weighted by atomic mass is 10.2. The van der Waals surface area contributed by atoms with Gasteiger partial charge in [0.2, 0.25) is 0 Å². The van der Waals surface area contributed by atoms with Crippen molar-refractivity contribution in [1.29, 1.82) is 0 Å². The zero-order valence-corrected chi connectivity index (χ0v) is 20.3. The van der Waals surface area contributed by atoms with Crippen molar-refractivity contribution in [2.24, 2.45) is 0 Å². The Hall–Kier alpha value is -3.72. The summed E-state index contributed by atoms with van der Waals surface area (Å²) in [7, 11) is 3.18. The van der Waals surface area contributed by atoms with E-state index in [0.717, 1.165) is 23.4 Å². The molecule has 0 atom stereocenters. The highest BCUT2D eigenvalue weighted by molar-refractivity contribution is 7.13. The molecular weight excluding hydrogens is 466 g/mol. The lowest BCUT2D eigenvalue weighted by Gasteiger charge is -2.12. The summed E-state index contributed by atoms with van der Waals surface area (Å²) in [5.41, 5.74) is 2.09. The number of nitrogens with zero attached hydrogens (tertiary/aromatic N) is 3. The first-order valence-electron chi connectivity index (χ1n) is 11.4. The van der Waals surface area contributed by atoms with Gasteiger partial charge in [-0.3, -0.25) is 14.2 Å². The Bertz CT molecular complexity index is 1440. The molecule has 180 valence electrons. The van der Waals surface area contributed by atoms with Crippen LogP contribution in [-0.4, -0.2) is 34.7 Å². The molecule has 0 amide bonds. The van der Waals surface area contributed by atoms with Crippen LogP contribution in [0.1, 0.15) is 36.8 Å². The van der Waals surface area contributed by atoms with E-state index in [2.05, 4.69) is 9.97 Å². The Labute approximate surface area is 206 Å². The van der Waals surface area contributed by atoms with E-state index in [1.165, 1.54) is 11.3 Å². The molecule has 0 radical (unpaired) electrons. The van der Waals surface area contributed by atoms with E-state index in [4.69, 9.17) is 14.2 Å². The molecule has 1 aliphatic carbocycles. The second kappa shape index (κ2) is 9.87. The van der Waals surface area contributed by atoms with Gasteiger partial charge >= 0.3 is 5.97 Å². The van der Waals surface area contributed by atoms with Crippen LogP contribution in [0.15, 0.2) is 52.6 Å². The van der Waals surface area contributed by atoms with Crippen molar-refractivity contribution in [2.45, 2.75) is 38.3 Å². The van der Waals surface area contributed by atoms with E-state index in [1.54, 1.807) is 24.9 Å². The maximum Gasteiger partial charge on any atom is 0.306 e. The Morgan fingerprint density at radius 3 is 2.69 bits per heavy atom. The summed E-state index contributed by atoms with van der Waals surface area (Å²) in [6.07, 6.45) is 2.40. The van der Waals surface area contributed by atoms with E-state index in [0.29, 0.717) is 40.3 Å². The molecule has 2 heterocycles. The number of hydrogen-bond acceptors (Lipinski definition) is 8. The zero-order valence-electron chi connectivity index (χ0n) is 19.5. The number of ether oxygens (including phenoxy) is 3. The van der Waals surface area contributed by atoms with Crippen molar-refractivity contribution < 1.29 is 19.0 Å². The standard InChI is InChI=1S/C26H25N3O5S/c1-32-21-9-5-7-19(24(21)33-2)25-27-16(15-35-25)14-34-23(30)13-12-22-28-20-8-4-3-6-18(20)26(31)29(22)17-10-11-17/h3-9,15,17H,10-14H2,1-2H3. The molecule has 1 fully saturated rings. The molecule has 0 unspecified atom stereocenters. The molecule has 0 aliphatic heterocycles. The smallest absolute Gasteiger partial charge is 0.306 e. The second-order valence-electron chi connectivity index (χ2n) is 8.30. The van der Waals surface area contributed by atoms with Gasteiger partial charge in [0.15, 0.2) is 11.5 Å². The van der Waals surface area contributed by atoms with Crippen LogP contribution in [0.5, 0.6) is 11.5 Å². The van der Waals surface area contributed by atoms with Crippen LogP contribution in [0.2, 0.25) is 0 Å². The fraction of sp³-hybridized carbons (Fsp3) is 0.308. The molecule has 35 heavy (non-hydrogen) atoms. The van der Waals surface area contributed by atoms with Crippen molar-refractivity contribution in [2.75, 3.05) is 14.2 Å². The fourth-order valence-corrected chi connectivity index (χ4v) is 4.90. The predicted molar refractivity (Wildman–Crippen MR) is 133 cm³/mol. The molecule has 2 aromatic heterocycles. The summed E-state index contributed by atoms with van der Waals surface area (Å²) in [5, 5.41) is 3.22. The zero-order chi connectivity index (χ0) is 24.4. The summed E-state index contributed by atoms with van der Waals surface area (Å²) >= 11 is 1.44. The Kier molecular flexibility index (Phi) is 6.50. The summed E-state index contributed by atoms with van der Waals surface area (Å²) in [6, 6.07) is 13.1. The number of hydrogen-bond donors (Lipinski definition) is 0. The third-order valence-electron chi connectivity index (χ3n) is 5.91. The largest absolute Gasteiger partial charge is 0.493 e. The molecule has 1 saturated carbocycles. The van der Waals surface area contributed by atoms with Gasteiger partial charge in [0.05, 0.1) is 42.8 Å². The highest BCUT2D eigenvalue weighted by atomic mass is 32.1. The van der Waals surface area contributed by atoms with Crippen molar-refractivity contribution in [3.05, 3.63) is 69.7 Å². The maximum atomic E-state index is 13.0. The highest BCUT2D eigenvalue weighted by Gasteiger charge is 2.28. The van der Waals surface area contributed by atoms with Crippen molar-refractivity contribution in [3.8, 4) is 22.1 Å². The number of thiazole rings is 1. The van der Waals surface area contributed by atoms with Crippen LogP contribution >= 0.6 is 11.3 Å². The molecule has 4 aromatic rings. The number of para-hydroxylation sites is 2. The van der Waals surface area contributed by atoms with E-state index in [1.807, 2.05) is 41.8 Å². The SMILES string of the molecule is COc1cccc(-c2nc(COC(=O)CCc3nc4ccccc4c(=O)n3C3CC3)cs2)c1OC. The first kappa shape index (κ1) is 23.0. The van der Waals surface area contributed by atoms with Gasteiger partial charge in [-0.1, -0.05) is 18.2 Å². The molecule has 5 rings (SSSR count). The highest BCUT2D eigenvalue weighted by Crippen LogP contribution is 2.39. The third kappa shape index (κ3) is 4.77. The normalized spacial score (nSPS) is 13.1. The van der Waals surface area contributed by atoms with Gasteiger partial charge < -0.3 is 14.2 Å². The van der Waals surface area contributed by atoms with E-state index < -0.39 is 0 Å². The number of benzene rings is 2. The monoisotopic (exact) mass is 491 g/mol. The quantitative estimate of drug-likeness (QED) is 0.317. The molecule has 0 spiro atoms. The molecule has 2 aromatic carbocycles. The van der Waals surface area contributed by atoms with Crippen molar-refractivity contribution in [1.82, 2.24) is 14.5 Å². The van der Waals surface area contributed by atoms with Crippen LogP contribution in [-0.2, 0) is 22.6 Å². The number of rotatable bonds is 9.